The van der Waals surface area contributed by atoms with Crippen LogP contribution in [0.25, 0.3) is 93.0 Å². The number of rotatable bonds is 28. The molecule has 742 valence electrons. The SMILES string of the molecule is C/C=C/c1cc(C(c2ccc(Oc3ccc(-c4nnc(-c5ccc(C)cc5)o4)cc3)c(/C=C/C)c2)(C(F)(F)F)C(F)(F)F)ccc1OC.C/C=C/c1cc(C(c2ccc(Oc3ccc(-c4nnc(-c5ccc(Oc6ccc(C(c7ccc(Oc8ccc(-c9nnc(-c%10ccc(C)cc%10)o9)cc8)c(C8OC8C)c7)(C(F)(F)F)C(F)(F)F)cc6C6OC6C)cc5)o4)cc3)c(/C=C/C)c2)(C(F)(F)F)C(F)(F)F)ccc1OC. The fourth-order valence-corrected chi connectivity index (χ4v) is 17.0. The summed E-state index contributed by atoms with van der Waals surface area (Å²) in [7, 11) is 2.53. The fraction of sp³-hybridized carbons (Fsp3) is 0.211. The van der Waals surface area contributed by atoms with E-state index in [1.807, 2.05) is 62.4 Å². The maximum Gasteiger partial charge on any atom is 0.411 e. The van der Waals surface area contributed by atoms with E-state index in [-0.39, 0.29) is 120 Å². The van der Waals surface area contributed by atoms with E-state index < -0.39 is 111 Å². The molecule has 0 bridgehead atoms. The van der Waals surface area contributed by atoms with E-state index in [0.717, 1.165) is 126 Å². The van der Waals surface area contributed by atoms with Crippen molar-refractivity contribution in [2.24, 2.45) is 0 Å². The highest BCUT2D eigenvalue weighted by molar-refractivity contribution is 5.70. The number of aromatic nitrogens is 6. The molecule has 35 heteroatoms. The van der Waals surface area contributed by atoms with Gasteiger partial charge in [-0.25, -0.2) is 0 Å². The van der Waals surface area contributed by atoms with Crippen molar-refractivity contribution >= 4 is 24.3 Å². The molecule has 144 heavy (non-hydrogen) atoms. The third-order valence-electron chi connectivity index (χ3n) is 24.3. The molecular weight excluding hydrogens is 1910 g/mol. The quantitative estimate of drug-likeness (QED) is 0.0331. The second-order valence-electron chi connectivity index (χ2n) is 33.7. The first-order valence-electron chi connectivity index (χ1n) is 44.4. The van der Waals surface area contributed by atoms with Crippen LogP contribution in [0.15, 0.2) is 292 Å². The third-order valence-corrected chi connectivity index (χ3v) is 24.3. The molecule has 0 saturated carbocycles. The Labute approximate surface area is 811 Å². The van der Waals surface area contributed by atoms with Gasteiger partial charge in [-0.2, -0.15) is 79.0 Å². The standard InChI is InChI=1S/C72H54F12N4O8.C37H30F6N2O3/c1-7-9-46-35-48(21-31-57(46)89-6)67(69(73,74)75,70(76,77)78)49-22-32-58(47(36-49)10-8-2)92-52-25-15-43(16-26-52)65-87-88-66(96-65)45-19-29-54(30-20-45)94-60-34-24-51(38-56(60)62-41(5)91-62)68(71(79,80)81,72(82,83)84)50-23-33-59(55(37-50)61-40(4)90-61)93-53-27-17-44(18-28-53)64-86-85-63(95-64)42-13-11-39(3)12-14-42;1-5-7-26-21-28(15-19-31(26)46-4)35(36(38,39)40,37(41,42)43)29-16-20-32(27(22-29)8-6-2)47-30-17-13-25(14-18-30)34-45-44-33(48-34)24-11-9-23(3)10-12-24/h7-38,40-41,61-62H,1-6H3;5-22H,1-4H3/b9-7+,10-8+;7-5+,8-6+. The van der Waals surface area contributed by atoms with Gasteiger partial charge in [0.25, 0.3) is 0 Å². The van der Waals surface area contributed by atoms with Crippen molar-refractivity contribution in [1.82, 2.24) is 30.6 Å². The lowest BCUT2D eigenvalue weighted by Crippen LogP contribution is -2.54. The average Bonchev–Trinajstić information content (AvgIpc) is 1.17. The summed E-state index contributed by atoms with van der Waals surface area (Å²) in [5.41, 5.74) is -14.6. The predicted octanol–water partition coefficient (Wildman–Crippen LogP) is 31.6. The molecule has 5 heterocycles. The number of methoxy groups -OCH3 is 2. The lowest BCUT2D eigenvalue weighted by atomic mass is 9.71. The Kier molecular flexibility index (Phi) is 28.3. The maximum atomic E-state index is 15.9. The second-order valence-corrected chi connectivity index (χ2v) is 33.7. The summed E-state index contributed by atoms with van der Waals surface area (Å²) in [6, 6.07) is 55.6. The van der Waals surface area contributed by atoms with E-state index in [4.69, 9.17) is 51.1 Å². The van der Waals surface area contributed by atoms with Gasteiger partial charge in [0.05, 0.1) is 26.4 Å². The second kappa shape index (κ2) is 40.1. The Hall–Kier alpha value is -15.5. The van der Waals surface area contributed by atoms with Crippen LogP contribution in [0.1, 0.15) is 132 Å². The number of benzene rings is 12. The monoisotopic (exact) mass is 1990 g/mol. The van der Waals surface area contributed by atoms with E-state index >= 15 is 52.7 Å². The van der Waals surface area contributed by atoms with E-state index in [0.29, 0.717) is 33.7 Å². The van der Waals surface area contributed by atoms with Gasteiger partial charge in [-0.3, -0.25) is 0 Å². The summed E-state index contributed by atoms with van der Waals surface area (Å²) >= 11 is 0. The zero-order valence-corrected chi connectivity index (χ0v) is 77.7. The summed E-state index contributed by atoms with van der Waals surface area (Å²) in [4.78, 5) is 0. The Bertz CT molecular complexity index is 7230. The first-order chi connectivity index (χ1) is 68.5. The van der Waals surface area contributed by atoms with Gasteiger partial charge in [0.2, 0.25) is 51.6 Å². The number of hydrogen-bond acceptors (Lipinski definition) is 17. The molecule has 3 aromatic heterocycles. The normalized spacial score (nSPS) is 15.5. The van der Waals surface area contributed by atoms with Crippen LogP contribution in [0.2, 0.25) is 0 Å². The number of epoxide rings is 2. The number of allylic oxidation sites excluding steroid dienone is 4. The fourth-order valence-electron chi connectivity index (χ4n) is 17.0. The van der Waals surface area contributed by atoms with Crippen molar-refractivity contribution < 1.29 is 130 Å². The van der Waals surface area contributed by atoms with Gasteiger partial charge < -0.3 is 51.1 Å². The Morgan fingerprint density at radius 2 is 0.438 bits per heavy atom. The summed E-state index contributed by atoms with van der Waals surface area (Å²) in [5.74, 6) is 1.90. The number of alkyl halides is 18. The Balaban J connectivity index is 0.000000259. The number of ether oxygens (including phenoxy) is 8. The van der Waals surface area contributed by atoms with Gasteiger partial charge >= 0.3 is 37.1 Å². The minimum Gasteiger partial charge on any atom is -0.496 e. The highest BCUT2D eigenvalue weighted by Gasteiger charge is 2.75. The summed E-state index contributed by atoms with van der Waals surface area (Å²) in [6.45, 7) is 13.4. The van der Waals surface area contributed by atoms with Crippen molar-refractivity contribution in [2.45, 2.75) is 133 Å². The molecular formula is C109H84F18N6O11. The molecule has 2 aliphatic rings. The predicted molar refractivity (Wildman–Crippen MR) is 501 cm³/mol. The maximum absolute atomic E-state index is 15.9. The van der Waals surface area contributed by atoms with Crippen LogP contribution in [0.3, 0.4) is 0 Å². The molecule has 0 radical (unpaired) electrons. The third kappa shape index (κ3) is 20.0. The Morgan fingerprint density at radius 1 is 0.250 bits per heavy atom. The zero-order valence-electron chi connectivity index (χ0n) is 77.7. The lowest BCUT2D eigenvalue weighted by Gasteiger charge is -2.39. The van der Waals surface area contributed by atoms with Crippen molar-refractivity contribution in [3.05, 3.63) is 357 Å². The molecule has 2 aliphatic heterocycles. The first-order valence-corrected chi connectivity index (χ1v) is 44.4. The van der Waals surface area contributed by atoms with Crippen molar-refractivity contribution in [2.75, 3.05) is 14.2 Å². The molecule has 12 aromatic carbocycles. The average molecular weight is 2000 g/mol. The molecule has 17 nitrogen and oxygen atoms in total. The van der Waals surface area contributed by atoms with Gasteiger partial charge in [-0.05, 0) is 283 Å². The molecule has 17 rings (SSSR count). The van der Waals surface area contributed by atoms with Crippen LogP contribution < -0.4 is 28.4 Å². The van der Waals surface area contributed by atoms with Crippen LogP contribution in [-0.2, 0) is 25.7 Å². The number of halogens is 18. The molecule has 2 fully saturated rings. The van der Waals surface area contributed by atoms with Gasteiger partial charge in [0.15, 0.2) is 0 Å². The molecule has 2 saturated heterocycles. The minimum atomic E-state index is -5.97. The molecule has 0 N–H and O–H groups in total. The molecule has 4 atom stereocenters. The number of hydrogen-bond donors (Lipinski definition) is 0. The van der Waals surface area contributed by atoms with Gasteiger partial charge in [-0.1, -0.05) is 120 Å². The number of nitrogens with zero attached hydrogens (tertiary/aromatic N) is 6. The van der Waals surface area contributed by atoms with Crippen LogP contribution in [0, 0.1) is 13.8 Å². The molecule has 0 aliphatic carbocycles. The largest absolute Gasteiger partial charge is 0.496 e. The van der Waals surface area contributed by atoms with Crippen molar-refractivity contribution in [1.29, 1.82) is 0 Å². The Morgan fingerprint density at radius 3 is 0.639 bits per heavy atom. The molecule has 0 amide bonds. The van der Waals surface area contributed by atoms with Crippen molar-refractivity contribution in [3.8, 4) is 126 Å². The van der Waals surface area contributed by atoms with Crippen LogP contribution in [-0.4, -0.2) is 94.1 Å². The van der Waals surface area contributed by atoms with Gasteiger partial charge in [-0.15, -0.1) is 30.6 Å². The molecule has 0 spiro atoms. The highest BCUT2D eigenvalue weighted by atomic mass is 19.4. The van der Waals surface area contributed by atoms with Crippen LogP contribution in [0.5, 0.6) is 57.5 Å². The summed E-state index contributed by atoms with van der Waals surface area (Å²) in [5, 5.41) is 24.7. The first kappa shape index (κ1) is 101. The van der Waals surface area contributed by atoms with Crippen LogP contribution in [0.4, 0.5) is 79.0 Å². The van der Waals surface area contributed by atoms with Gasteiger partial charge in [0, 0.05) is 66.8 Å². The van der Waals surface area contributed by atoms with E-state index in [1.165, 1.54) is 118 Å². The lowest BCUT2D eigenvalue weighted by molar-refractivity contribution is -0.290. The molecule has 15 aromatic rings. The summed E-state index contributed by atoms with van der Waals surface area (Å²) in [6.07, 6.45) is -26.9. The van der Waals surface area contributed by atoms with E-state index in [1.54, 1.807) is 83.1 Å². The van der Waals surface area contributed by atoms with E-state index in [2.05, 4.69) is 30.6 Å². The number of aryl methyl sites for hydroxylation is 2. The topological polar surface area (TPSA) is 197 Å². The van der Waals surface area contributed by atoms with Gasteiger partial charge in [0.1, 0.15) is 69.7 Å². The van der Waals surface area contributed by atoms with Crippen LogP contribution >= 0.6 is 0 Å². The van der Waals surface area contributed by atoms with E-state index in [9.17, 15) is 26.3 Å². The zero-order chi connectivity index (χ0) is 103. The highest BCUT2D eigenvalue weighted by Crippen LogP contribution is 2.63. The van der Waals surface area contributed by atoms with Crippen molar-refractivity contribution in [3.63, 3.8) is 0 Å². The minimum absolute atomic E-state index is 0.00455. The summed E-state index contributed by atoms with van der Waals surface area (Å²) < 4.78 is 340. The molecule has 4 unspecified atom stereocenters. The smallest absolute Gasteiger partial charge is 0.411 e.